The molecular weight excluding hydrogens is 1250 g/mol. The van der Waals surface area contributed by atoms with Gasteiger partial charge in [0.1, 0.15) is 19.3 Å². The summed E-state index contributed by atoms with van der Waals surface area (Å²) in [6.07, 6.45) is 57.9. The summed E-state index contributed by atoms with van der Waals surface area (Å²) in [6.45, 7) is 9.51. The first kappa shape index (κ1) is 92.5. The van der Waals surface area contributed by atoms with Crippen molar-refractivity contribution in [2.24, 2.45) is 11.8 Å². The number of phosphoric acid groups is 2. The molecule has 0 spiro atoms. The zero-order valence-electron chi connectivity index (χ0n) is 61.5. The molecule has 0 heterocycles. The van der Waals surface area contributed by atoms with Gasteiger partial charge in [0.2, 0.25) is 0 Å². The Morgan fingerprint density at radius 2 is 0.589 bits per heavy atom. The number of ether oxygens (including phenoxy) is 4. The van der Waals surface area contributed by atoms with Crippen LogP contribution >= 0.6 is 15.6 Å². The summed E-state index contributed by atoms with van der Waals surface area (Å²) in [7, 11) is -9.92. The first-order chi connectivity index (χ1) is 45.9. The monoisotopic (exact) mass is 1390 g/mol. The molecule has 4 unspecified atom stereocenters. The van der Waals surface area contributed by atoms with Gasteiger partial charge in [0.15, 0.2) is 12.2 Å². The van der Waals surface area contributed by atoms with Gasteiger partial charge in [-0.2, -0.15) is 0 Å². The van der Waals surface area contributed by atoms with E-state index in [4.69, 9.17) is 37.0 Å². The molecule has 0 aromatic rings. The van der Waals surface area contributed by atoms with E-state index in [9.17, 15) is 43.2 Å². The Kier molecular flexibility index (Phi) is 65.6. The van der Waals surface area contributed by atoms with Crippen molar-refractivity contribution in [2.45, 2.75) is 387 Å². The quantitative estimate of drug-likeness (QED) is 0.0169. The lowest BCUT2D eigenvalue weighted by atomic mass is 9.99. The van der Waals surface area contributed by atoms with Crippen LogP contribution in [0.25, 0.3) is 0 Å². The number of carbonyl (C=O) groups excluding carboxylic acids is 4. The maximum atomic E-state index is 13.1. The number of rotatable bonds is 73. The molecule has 7 atom stereocenters. The molecule has 0 rings (SSSR count). The Balaban J connectivity index is 5.20. The van der Waals surface area contributed by atoms with Gasteiger partial charge in [-0.1, -0.05) is 316 Å². The van der Waals surface area contributed by atoms with Crippen LogP contribution in [0.1, 0.15) is 369 Å². The van der Waals surface area contributed by atoms with Crippen molar-refractivity contribution in [3.05, 3.63) is 24.3 Å². The third-order valence-electron chi connectivity index (χ3n) is 17.8. The van der Waals surface area contributed by atoms with Gasteiger partial charge < -0.3 is 33.8 Å². The number of aliphatic hydroxyl groups excluding tert-OH is 1. The highest BCUT2D eigenvalue weighted by atomic mass is 31.2. The number of phosphoric ester groups is 2. The van der Waals surface area contributed by atoms with E-state index in [1.54, 1.807) is 0 Å². The number of esters is 4. The molecule has 0 aliphatic heterocycles. The molecule has 19 heteroatoms. The van der Waals surface area contributed by atoms with Gasteiger partial charge >= 0.3 is 39.5 Å². The van der Waals surface area contributed by atoms with Crippen LogP contribution in [-0.4, -0.2) is 96.7 Å². The number of hydrogen-bond donors (Lipinski definition) is 3. The van der Waals surface area contributed by atoms with Gasteiger partial charge in [0, 0.05) is 25.7 Å². The highest BCUT2D eigenvalue weighted by Gasteiger charge is 2.30. The van der Waals surface area contributed by atoms with Crippen molar-refractivity contribution < 1.29 is 80.2 Å². The number of allylic oxidation sites excluding steroid dienone is 4. The summed E-state index contributed by atoms with van der Waals surface area (Å²) in [5.41, 5.74) is 0. The largest absolute Gasteiger partial charge is 0.472 e. The van der Waals surface area contributed by atoms with E-state index in [1.165, 1.54) is 161 Å². The van der Waals surface area contributed by atoms with E-state index < -0.39 is 97.5 Å². The maximum absolute atomic E-state index is 13.1. The molecule has 95 heavy (non-hydrogen) atoms. The van der Waals surface area contributed by atoms with Crippen LogP contribution in [0, 0.1) is 11.8 Å². The Morgan fingerprint density at radius 3 is 0.895 bits per heavy atom. The number of hydrogen-bond acceptors (Lipinski definition) is 15. The number of unbranched alkanes of at least 4 members (excludes halogenated alkanes) is 38. The normalized spacial score (nSPS) is 14.7. The summed E-state index contributed by atoms with van der Waals surface area (Å²) < 4.78 is 68.3. The van der Waals surface area contributed by atoms with E-state index in [0.29, 0.717) is 25.7 Å². The van der Waals surface area contributed by atoms with Crippen molar-refractivity contribution in [1.82, 2.24) is 0 Å². The Bertz CT molecular complexity index is 1940. The van der Waals surface area contributed by atoms with E-state index in [-0.39, 0.29) is 25.7 Å². The van der Waals surface area contributed by atoms with Gasteiger partial charge in [-0.3, -0.25) is 37.3 Å². The first-order valence-corrected chi connectivity index (χ1v) is 41.9. The number of aliphatic hydroxyl groups is 1. The molecule has 560 valence electrons. The molecule has 3 N–H and O–H groups in total. The summed E-state index contributed by atoms with van der Waals surface area (Å²) in [5.74, 6) is -0.565. The molecule has 0 saturated heterocycles. The van der Waals surface area contributed by atoms with Crippen molar-refractivity contribution in [2.75, 3.05) is 39.6 Å². The molecule has 0 aromatic carbocycles. The highest BCUT2D eigenvalue weighted by molar-refractivity contribution is 7.47. The van der Waals surface area contributed by atoms with Crippen LogP contribution in [-0.2, 0) is 65.4 Å². The van der Waals surface area contributed by atoms with E-state index >= 15 is 0 Å². The van der Waals surface area contributed by atoms with Crippen LogP contribution in [0.2, 0.25) is 0 Å². The SMILES string of the molecule is CCCCCC/C=C\C=C/CCCCCCCC(=O)OC[C@H](COP(=O)(O)OC[C@@H](O)COP(=O)(O)OC[C@@H](COC(=O)CCCCCCCCCC)OC(=O)CCCCCCCCC(C)CC)OC(=O)CCCCCCCCCCCCCCCCCCCCC(C)CC. The first-order valence-electron chi connectivity index (χ1n) is 38.9. The van der Waals surface area contributed by atoms with Gasteiger partial charge in [0.25, 0.3) is 0 Å². The predicted octanol–water partition coefficient (Wildman–Crippen LogP) is 21.9. The minimum Gasteiger partial charge on any atom is -0.462 e. The minimum atomic E-state index is -4.96. The molecule has 17 nitrogen and oxygen atoms in total. The van der Waals surface area contributed by atoms with Crippen molar-refractivity contribution in [3.8, 4) is 0 Å². The standard InChI is InChI=1S/C76H144O17P2/c1-7-11-13-15-17-19-20-21-26-30-33-36-40-47-53-59-74(79)87-64-71(92-75(80)60-54-48-41-37-34-31-28-25-23-22-24-27-29-32-35-38-44-50-56-68(5)9-3)66-90-94(82,83)88-62-70(77)63-89-95(84,85)91-67-72(65-86-73(78)58-52-46-39-18-16-14-12-8-2)93-76(81)61-55-49-43-42-45-51-57-69(6)10-4/h19-21,26,68-72,77H,7-18,22-25,27-67H2,1-6H3,(H,82,83)(H,84,85)/b20-19-,26-21-/t68?,69?,70-,71-,72-/m1/s1. The summed E-state index contributed by atoms with van der Waals surface area (Å²) in [6, 6.07) is 0. The van der Waals surface area contributed by atoms with E-state index in [1.807, 2.05) is 0 Å². The molecule has 0 bridgehead atoms. The summed E-state index contributed by atoms with van der Waals surface area (Å²) in [5, 5.41) is 10.6. The fourth-order valence-electron chi connectivity index (χ4n) is 11.0. The second-order valence-corrected chi connectivity index (χ2v) is 30.1. The third kappa shape index (κ3) is 67.2. The zero-order chi connectivity index (χ0) is 70.0. The lowest BCUT2D eigenvalue weighted by molar-refractivity contribution is -0.161. The second kappa shape index (κ2) is 67.4. The predicted molar refractivity (Wildman–Crippen MR) is 386 cm³/mol. The lowest BCUT2D eigenvalue weighted by Gasteiger charge is -2.21. The van der Waals surface area contributed by atoms with Crippen molar-refractivity contribution in [3.63, 3.8) is 0 Å². The van der Waals surface area contributed by atoms with Crippen molar-refractivity contribution >= 4 is 39.5 Å². The topological polar surface area (TPSA) is 237 Å². The summed E-state index contributed by atoms with van der Waals surface area (Å²) >= 11 is 0. The van der Waals surface area contributed by atoms with Gasteiger partial charge in [0.05, 0.1) is 26.4 Å². The van der Waals surface area contributed by atoms with Crippen LogP contribution in [0.15, 0.2) is 24.3 Å². The Morgan fingerprint density at radius 1 is 0.337 bits per heavy atom. The smallest absolute Gasteiger partial charge is 0.462 e. The highest BCUT2D eigenvalue weighted by Crippen LogP contribution is 2.45. The van der Waals surface area contributed by atoms with Crippen LogP contribution in [0.5, 0.6) is 0 Å². The third-order valence-corrected chi connectivity index (χ3v) is 19.7. The molecule has 0 saturated carbocycles. The fourth-order valence-corrected chi connectivity index (χ4v) is 12.6. The lowest BCUT2D eigenvalue weighted by Crippen LogP contribution is -2.30. The average molecular weight is 1390 g/mol. The minimum absolute atomic E-state index is 0.101. The molecule has 0 aliphatic rings. The molecule has 0 radical (unpaired) electrons. The fraction of sp³-hybridized carbons (Fsp3) is 0.895. The molecule has 0 aliphatic carbocycles. The van der Waals surface area contributed by atoms with E-state index in [2.05, 4.69) is 65.8 Å². The maximum Gasteiger partial charge on any atom is 0.472 e. The van der Waals surface area contributed by atoms with Crippen LogP contribution < -0.4 is 0 Å². The molecule has 0 amide bonds. The Labute approximate surface area is 580 Å². The van der Waals surface area contributed by atoms with Crippen LogP contribution in [0.4, 0.5) is 0 Å². The molecule has 0 fully saturated rings. The molecule has 0 aromatic heterocycles. The summed E-state index contributed by atoms with van der Waals surface area (Å²) in [4.78, 5) is 72.6. The van der Waals surface area contributed by atoms with Gasteiger partial charge in [-0.15, -0.1) is 0 Å². The van der Waals surface area contributed by atoms with Gasteiger partial charge in [-0.05, 0) is 63.2 Å². The van der Waals surface area contributed by atoms with Crippen LogP contribution in [0.3, 0.4) is 0 Å². The zero-order valence-corrected chi connectivity index (χ0v) is 63.2. The number of carbonyl (C=O) groups is 4. The Hall–Kier alpha value is -2.46. The van der Waals surface area contributed by atoms with E-state index in [0.717, 1.165) is 127 Å². The average Bonchev–Trinajstić information content (AvgIpc) is 1.24. The molecular formula is C76H144O17P2. The second-order valence-electron chi connectivity index (χ2n) is 27.2. The van der Waals surface area contributed by atoms with Crippen molar-refractivity contribution in [1.29, 1.82) is 0 Å². The van der Waals surface area contributed by atoms with Gasteiger partial charge in [-0.25, -0.2) is 9.13 Å².